The number of aromatic nitrogens is 2. The van der Waals surface area contributed by atoms with Gasteiger partial charge in [0, 0.05) is 0 Å². The van der Waals surface area contributed by atoms with Gasteiger partial charge in [0.2, 0.25) is 0 Å². The van der Waals surface area contributed by atoms with Gasteiger partial charge in [0.05, 0.1) is 28.9 Å². The fraction of sp³-hybridized carbons (Fsp3) is 0.200. The maximum Gasteiger partial charge on any atom is 0.262 e. The summed E-state index contributed by atoms with van der Waals surface area (Å²) in [5.41, 5.74) is 0.466. The molecule has 2 aromatic rings. The van der Waals surface area contributed by atoms with Crippen LogP contribution < -0.4 is 10.9 Å². The Balaban J connectivity index is 2.75. The average molecular weight is 224 g/mol. The van der Waals surface area contributed by atoms with E-state index in [-0.39, 0.29) is 5.56 Å². The molecule has 0 aliphatic carbocycles. The largest absolute Gasteiger partial charge is 0.303 e. The van der Waals surface area contributed by atoms with Gasteiger partial charge in [-0.1, -0.05) is 17.7 Å². The molecule has 0 aliphatic rings. The topological polar surface area (TPSA) is 46.9 Å². The Kier molecular flexibility index (Phi) is 2.70. The van der Waals surface area contributed by atoms with Crippen LogP contribution in [0.4, 0.5) is 0 Å². The molecular weight excluding hydrogens is 214 g/mol. The molecule has 0 amide bonds. The first-order valence-corrected chi connectivity index (χ1v) is 4.90. The Morgan fingerprint density at radius 2 is 2.33 bits per heavy atom. The Morgan fingerprint density at radius 3 is 3.07 bits per heavy atom. The summed E-state index contributed by atoms with van der Waals surface area (Å²) in [5, 5.41) is 3.94. The van der Waals surface area contributed by atoms with E-state index in [0.717, 1.165) is 0 Å². The zero-order valence-corrected chi connectivity index (χ0v) is 8.95. The number of rotatable bonds is 2. The fourth-order valence-corrected chi connectivity index (χ4v) is 1.66. The van der Waals surface area contributed by atoms with E-state index in [1.54, 1.807) is 25.2 Å². The number of nitrogens with zero attached hydrogens (tertiary/aromatic N) is 2. The lowest BCUT2D eigenvalue weighted by Crippen LogP contribution is -2.26. The summed E-state index contributed by atoms with van der Waals surface area (Å²) in [6.45, 7) is 0.439. The summed E-state index contributed by atoms with van der Waals surface area (Å²) >= 11 is 5.93. The first kappa shape index (κ1) is 10.1. The second kappa shape index (κ2) is 4.00. The molecule has 0 aliphatic heterocycles. The fourth-order valence-electron chi connectivity index (χ4n) is 1.44. The van der Waals surface area contributed by atoms with Gasteiger partial charge in [0.15, 0.2) is 0 Å². The van der Waals surface area contributed by atoms with Crippen molar-refractivity contribution in [2.24, 2.45) is 0 Å². The molecule has 1 aromatic carbocycles. The third-order valence-electron chi connectivity index (χ3n) is 2.13. The standard InChI is InChI=1S/C10H10ClN3O/c1-12-5-14-6-13-9-7(10(14)15)3-2-4-8(9)11/h2-4,6,12H,5H2,1H3. The summed E-state index contributed by atoms with van der Waals surface area (Å²) in [6, 6.07) is 5.19. The van der Waals surface area contributed by atoms with Gasteiger partial charge in [-0.05, 0) is 19.2 Å². The minimum absolute atomic E-state index is 0.0862. The molecule has 5 heteroatoms. The number of benzene rings is 1. The van der Waals surface area contributed by atoms with E-state index in [0.29, 0.717) is 22.6 Å². The van der Waals surface area contributed by atoms with Gasteiger partial charge in [0.25, 0.3) is 5.56 Å². The molecule has 0 unspecified atom stereocenters. The van der Waals surface area contributed by atoms with Crippen molar-refractivity contribution >= 4 is 22.5 Å². The summed E-state index contributed by atoms with van der Waals surface area (Å²) in [4.78, 5) is 16.0. The van der Waals surface area contributed by atoms with Gasteiger partial charge < -0.3 is 5.32 Å². The molecule has 0 radical (unpaired) electrons. The van der Waals surface area contributed by atoms with Crippen LogP contribution in [0.15, 0.2) is 29.3 Å². The molecule has 1 N–H and O–H groups in total. The van der Waals surface area contributed by atoms with Gasteiger partial charge >= 0.3 is 0 Å². The number of para-hydroxylation sites is 1. The van der Waals surface area contributed by atoms with Gasteiger partial charge in [-0.15, -0.1) is 0 Å². The molecule has 0 bridgehead atoms. The van der Waals surface area contributed by atoms with Crippen LogP contribution in [0.5, 0.6) is 0 Å². The van der Waals surface area contributed by atoms with E-state index in [9.17, 15) is 4.79 Å². The van der Waals surface area contributed by atoms with Crippen LogP contribution in [-0.4, -0.2) is 16.6 Å². The zero-order valence-electron chi connectivity index (χ0n) is 8.20. The quantitative estimate of drug-likeness (QED) is 0.833. The highest BCUT2D eigenvalue weighted by Gasteiger charge is 2.05. The minimum atomic E-state index is -0.0862. The molecular formula is C10H10ClN3O. The average Bonchev–Trinajstić information content (AvgIpc) is 2.23. The Bertz CT molecular complexity index is 550. The third kappa shape index (κ3) is 1.73. The molecule has 0 saturated heterocycles. The molecule has 1 heterocycles. The van der Waals surface area contributed by atoms with E-state index in [1.807, 2.05) is 0 Å². The van der Waals surface area contributed by atoms with Crippen LogP contribution in [-0.2, 0) is 6.67 Å². The molecule has 0 spiro atoms. The highest BCUT2D eigenvalue weighted by Crippen LogP contribution is 2.17. The van der Waals surface area contributed by atoms with Crippen molar-refractivity contribution in [2.45, 2.75) is 6.67 Å². The molecule has 1 aromatic heterocycles. The van der Waals surface area contributed by atoms with Gasteiger partial charge in [-0.3, -0.25) is 9.36 Å². The normalized spacial score (nSPS) is 10.8. The van der Waals surface area contributed by atoms with Crippen molar-refractivity contribution in [1.82, 2.24) is 14.9 Å². The van der Waals surface area contributed by atoms with Gasteiger partial charge in [0.1, 0.15) is 0 Å². The van der Waals surface area contributed by atoms with E-state index in [2.05, 4.69) is 10.3 Å². The minimum Gasteiger partial charge on any atom is -0.303 e. The van der Waals surface area contributed by atoms with Crippen molar-refractivity contribution in [3.8, 4) is 0 Å². The van der Waals surface area contributed by atoms with Crippen LogP contribution in [0.2, 0.25) is 5.02 Å². The maximum atomic E-state index is 11.9. The van der Waals surface area contributed by atoms with Crippen molar-refractivity contribution < 1.29 is 0 Å². The predicted molar refractivity (Wildman–Crippen MR) is 60.1 cm³/mol. The number of hydrogen-bond donors (Lipinski definition) is 1. The third-order valence-corrected chi connectivity index (χ3v) is 2.44. The van der Waals surface area contributed by atoms with Crippen molar-refractivity contribution in [1.29, 1.82) is 0 Å². The SMILES string of the molecule is CNCn1cnc2c(Cl)cccc2c1=O. The van der Waals surface area contributed by atoms with E-state index in [1.165, 1.54) is 10.9 Å². The number of halogens is 1. The van der Waals surface area contributed by atoms with Crippen molar-refractivity contribution in [3.05, 3.63) is 39.9 Å². The second-order valence-corrected chi connectivity index (χ2v) is 3.57. The number of nitrogens with one attached hydrogen (secondary N) is 1. The molecule has 2 rings (SSSR count). The van der Waals surface area contributed by atoms with Crippen molar-refractivity contribution in [2.75, 3.05) is 7.05 Å². The summed E-state index contributed by atoms with van der Waals surface area (Å²) in [7, 11) is 1.77. The monoisotopic (exact) mass is 223 g/mol. The number of fused-ring (bicyclic) bond motifs is 1. The Labute approximate surface area is 91.5 Å². The molecule has 15 heavy (non-hydrogen) atoms. The van der Waals surface area contributed by atoms with Crippen LogP contribution in [0.1, 0.15) is 0 Å². The first-order chi connectivity index (χ1) is 7.24. The Morgan fingerprint density at radius 1 is 1.53 bits per heavy atom. The Hall–Kier alpha value is -1.39. The predicted octanol–water partition coefficient (Wildman–Crippen LogP) is 1.23. The number of hydrogen-bond acceptors (Lipinski definition) is 3. The van der Waals surface area contributed by atoms with E-state index in [4.69, 9.17) is 11.6 Å². The van der Waals surface area contributed by atoms with Crippen LogP contribution in [0.25, 0.3) is 10.9 Å². The summed E-state index contributed by atoms with van der Waals surface area (Å²) in [5.74, 6) is 0. The second-order valence-electron chi connectivity index (χ2n) is 3.17. The lowest BCUT2D eigenvalue weighted by Gasteiger charge is -2.05. The highest BCUT2D eigenvalue weighted by atomic mass is 35.5. The summed E-state index contributed by atoms with van der Waals surface area (Å²) < 4.78 is 1.50. The van der Waals surface area contributed by atoms with Gasteiger partial charge in [-0.2, -0.15) is 0 Å². The van der Waals surface area contributed by atoms with Crippen LogP contribution in [0, 0.1) is 0 Å². The van der Waals surface area contributed by atoms with Gasteiger partial charge in [-0.25, -0.2) is 4.98 Å². The maximum absolute atomic E-state index is 11.9. The lowest BCUT2D eigenvalue weighted by atomic mass is 10.2. The zero-order chi connectivity index (χ0) is 10.8. The smallest absolute Gasteiger partial charge is 0.262 e. The molecule has 78 valence electrons. The molecule has 0 saturated carbocycles. The van der Waals surface area contributed by atoms with Crippen LogP contribution in [0.3, 0.4) is 0 Å². The van der Waals surface area contributed by atoms with E-state index < -0.39 is 0 Å². The first-order valence-electron chi connectivity index (χ1n) is 4.52. The summed E-state index contributed by atoms with van der Waals surface area (Å²) in [6.07, 6.45) is 1.49. The van der Waals surface area contributed by atoms with Crippen molar-refractivity contribution in [3.63, 3.8) is 0 Å². The lowest BCUT2D eigenvalue weighted by molar-refractivity contribution is 0.593. The van der Waals surface area contributed by atoms with E-state index >= 15 is 0 Å². The highest BCUT2D eigenvalue weighted by molar-refractivity contribution is 6.34. The van der Waals surface area contributed by atoms with Crippen LogP contribution >= 0.6 is 11.6 Å². The molecule has 4 nitrogen and oxygen atoms in total. The molecule has 0 fully saturated rings. The molecule has 0 atom stereocenters.